The first-order valence-electron chi connectivity index (χ1n) is 5.06. The van der Waals surface area contributed by atoms with Crippen molar-refractivity contribution in [3.05, 3.63) is 12.2 Å². The van der Waals surface area contributed by atoms with E-state index in [1.165, 1.54) is 0 Å². The van der Waals surface area contributed by atoms with Gasteiger partial charge in [-0.05, 0) is 12.8 Å². The van der Waals surface area contributed by atoms with Crippen LogP contribution >= 0.6 is 0 Å². The van der Waals surface area contributed by atoms with E-state index in [-0.39, 0.29) is 12.4 Å². The number of carbonyl (C=O) groups excluding carboxylic acids is 3. The lowest BCUT2D eigenvalue weighted by atomic mass is 10.0. The normalized spacial score (nSPS) is 21.9. The van der Waals surface area contributed by atoms with Crippen LogP contribution in [0.1, 0.15) is 18.7 Å². The number of aromatic nitrogens is 2. The fraction of sp³-hybridized carbons (Fsp3) is 0.444. The first-order chi connectivity index (χ1) is 8.13. The lowest BCUT2D eigenvalue weighted by Gasteiger charge is -2.29. The van der Waals surface area contributed by atoms with Crippen molar-refractivity contribution < 1.29 is 18.9 Å². The Morgan fingerprint density at radius 2 is 2.18 bits per heavy atom. The van der Waals surface area contributed by atoms with Gasteiger partial charge >= 0.3 is 6.03 Å². The summed E-state index contributed by atoms with van der Waals surface area (Å²) >= 11 is 0. The van der Waals surface area contributed by atoms with Gasteiger partial charge in [0.25, 0.3) is 0 Å². The summed E-state index contributed by atoms with van der Waals surface area (Å²) in [5, 5.41) is 5.69. The fourth-order valence-electron chi connectivity index (χ4n) is 1.84. The van der Waals surface area contributed by atoms with Gasteiger partial charge in [0.2, 0.25) is 18.2 Å². The largest absolute Gasteiger partial charge is 0.343 e. The van der Waals surface area contributed by atoms with Crippen LogP contribution in [0.4, 0.5) is 4.79 Å². The molecule has 1 spiro atoms. The number of carbonyl (C=O) groups is 3. The number of barbiturate groups is 1. The summed E-state index contributed by atoms with van der Waals surface area (Å²) < 4.78 is 4.52. The molecule has 0 aromatic carbocycles. The Labute approximate surface area is 95.0 Å². The van der Waals surface area contributed by atoms with Crippen molar-refractivity contribution in [2.45, 2.75) is 19.4 Å². The number of nitrogens with zero attached hydrogens (tertiary/aromatic N) is 3. The van der Waals surface area contributed by atoms with Gasteiger partial charge in [0, 0.05) is 0 Å². The third-order valence-electron chi connectivity index (χ3n) is 3.01. The van der Waals surface area contributed by atoms with Crippen molar-refractivity contribution >= 4 is 17.8 Å². The predicted octanol–water partition coefficient (Wildman–Crippen LogP) is -0.572. The maximum Gasteiger partial charge on any atom is 0.331 e. The highest BCUT2D eigenvalue weighted by atomic mass is 16.5. The molecule has 0 atom stereocenters. The van der Waals surface area contributed by atoms with Crippen LogP contribution in [-0.4, -0.2) is 32.9 Å². The van der Waals surface area contributed by atoms with E-state index in [0.717, 1.165) is 11.3 Å². The molecule has 2 heterocycles. The molecule has 8 heteroatoms. The second kappa shape index (κ2) is 3.12. The summed E-state index contributed by atoms with van der Waals surface area (Å²) in [6.45, 7) is -0.0871. The number of nitrogens with one attached hydrogen (secondary N) is 1. The zero-order chi connectivity index (χ0) is 12.0. The van der Waals surface area contributed by atoms with Gasteiger partial charge in [-0.25, -0.2) is 4.79 Å². The highest BCUT2D eigenvalue weighted by Gasteiger charge is 2.62. The van der Waals surface area contributed by atoms with Crippen molar-refractivity contribution in [1.82, 2.24) is 20.4 Å². The molecule has 1 saturated carbocycles. The van der Waals surface area contributed by atoms with E-state index in [9.17, 15) is 14.4 Å². The van der Waals surface area contributed by atoms with Crippen molar-refractivity contribution in [1.29, 1.82) is 0 Å². The summed E-state index contributed by atoms with van der Waals surface area (Å²) in [6, 6.07) is -0.734. The molecule has 0 unspecified atom stereocenters. The van der Waals surface area contributed by atoms with Crippen LogP contribution in [0.25, 0.3) is 0 Å². The van der Waals surface area contributed by atoms with Gasteiger partial charge in [-0.15, -0.1) is 0 Å². The van der Waals surface area contributed by atoms with Crippen LogP contribution in [0, 0.1) is 5.41 Å². The summed E-state index contributed by atoms with van der Waals surface area (Å²) in [4.78, 5) is 39.8. The van der Waals surface area contributed by atoms with E-state index < -0.39 is 23.3 Å². The Kier molecular flexibility index (Phi) is 1.83. The highest BCUT2D eigenvalue weighted by Crippen LogP contribution is 2.49. The number of hydrogen-bond acceptors (Lipinski definition) is 6. The minimum atomic E-state index is -1.03. The average molecular weight is 236 g/mol. The van der Waals surface area contributed by atoms with E-state index in [0.29, 0.717) is 12.8 Å². The number of rotatable bonds is 2. The third kappa shape index (κ3) is 1.33. The Bertz CT molecular complexity index is 505. The number of hydrogen-bond donors (Lipinski definition) is 1. The van der Waals surface area contributed by atoms with E-state index in [1.54, 1.807) is 0 Å². The van der Waals surface area contributed by atoms with Crippen LogP contribution in [-0.2, 0) is 16.1 Å². The van der Waals surface area contributed by atoms with Crippen molar-refractivity contribution in [3.8, 4) is 0 Å². The van der Waals surface area contributed by atoms with E-state index in [1.807, 2.05) is 0 Å². The Balaban J connectivity index is 1.86. The SMILES string of the molecule is O=C1NC(=O)C2(CC2)C(=O)N1Cc1ncon1. The molecule has 4 amide bonds. The first kappa shape index (κ1) is 9.94. The molecule has 1 aromatic heterocycles. The molecule has 1 aliphatic carbocycles. The second-order valence-electron chi connectivity index (χ2n) is 4.08. The minimum Gasteiger partial charge on any atom is -0.343 e. The summed E-state index contributed by atoms with van der Waals surface area (Å²) in [6.07, 6.45) is 2.07. The van der Waals surface area contributed by atoms with Gasteiger partial charge in [-0.1, -0.05) is 5.16 Å². The molecule has 1 aromatic rings. The van der Waals surface area contributed by atoms with Crippen molar-refractivity contribution in [2.75, 3.05) is 0 Å². The molecule has 1 aliphatic heterocycles. The van der Waals surface area contributed by atoms with Crippen LogP contribution in [0.2, 0.25) is 0 Å². The molecule has 1 N–H and O–H groups in total. The summed E-state index contributed by atoms with van der Waals surface area (Å²) in [7, 11) is 0. The molecule has 8 nitrogen and oxygen atoms in total. The number of imide groups is 2. The maximum absolute atomic E-state index is 12.0. The van der Waals surface area contributed by atoms with Crippen LogP contribution < -0.4 is 5.32 Å². The molecular weight excluding hydrogens is 228 g/mol. The van der Waals surface area contributed by atoms with Crippen molar-refractivity contribution in [2.24, 2.45) is 5.41 Å². The minimum absolute atomic E-state index is 0.0871. The van der Waals surface area contributed by atoms with Crippen LogP contribution in [0.3, 0.4) is 0 Å². The van der Waals surface area contributed by atoms with Gasteiger partial charge in [-0.2, -0.15) is 4.98 Å². The monoisotopic (exact) mass is 236 g/mol. The standard InChI is InChI=1S/C9H8N4O4/c14-6-9(1-2-9)7(15)13(8(16)11-6)3-5-10-4-17-12-5/h4H,1-3H2,(H,11,14,16). The van der Waals surface area contributed by atoms with Crippen LogP contribution in [0.5, 0.6) is 0 Å². The predicted molar refractivity (Wildman–Crippen MR) is 50.1 cm³/mol. The second-order valence-corrected chi connectivity index (χ2v) is 4.08. The van der Waals surface area contributed by atoms with E-state index in [4.69, 9.17) is 0 Å². The molecular formula is C9H8N4O4. The Morgan fingerprint density at radius 3 is 2.76 bits per heavy atom. The van der Waals surface area contributed by atoms with Gasteiger partial charge in [0.1, 0.15) is 5.41 Å². The molecule has 2 fully saturated rings. The number of amides is 4. The topological polar surface area (TPSA) is 105 Å². The van der Waals surface area contributed by atoms with Gasteiger partial charge < -0.3 is 4.52 Å². The smallest absolute Gasteiger partial charge is 0.331 e. The lowest BCUT2D eigenvalue weighted by molar-refractivity contribution is -0.145. The molecule has 88 valence electrons. The van der Waals surface area contributed by atoms with Crippen LogP contribution in [0.15, 0.2) is 10.9 Å². The van der Waals surface area contributed by atoms with E-state index >= 15 is 0 Å². The molecule has 17 heavy (non-hydrogen) atoms. The van der Waals surface area contributed by atoms with E-state index in [2.05, 4.69) is 20.0 Å². The number of urea groups is 1. The Hall–Kier alpha value is -2.25. The quantitative estimate of drug-likeness (QED) is 0.689. The van der Waals surface area contributed by atoms with Gasteiger partial charge in [-0.3, -0.25) is 19.8 Å². The Morgan fingerprint density at radius 1 is 1.41 bits per heavy atom. The van der Waals surface area contributed by atoms with Crippen molar-refractivity contribution in [3.63, 3.8) is 0 Å². The van der Waals surface area contributed by atoms with Gasteiger partial charge in [0.05, 0.1) is 6.54 Å². The fourth-order valence-corrected chi connectivity index (χ4v) is 1.84. The highest BCUT2D eigenvalue weighted by molar-refractivity contribution is 6.20. The lowest BCUT2D eigenvalue weighted by Crippen LogP contribution is -2.58. The molecule has 2 aliphatic rings. The molecule has 0 bridgehead atoms. The average Bonchev–Trinajstić information content (AvgIpc) is 2.95. The molecule has 0 radical (unpaired) electrons. The summed E-state index contributed by atoms with van der Waals surface area (Å²) in [5.41, 5.74) is -1.03. The van der Waals surface area contributed by atoms with Gasteiger partial charge in [0.15, 0.2) is 5.82 Å². The summed E-state index contributed by atoms with van der Waals surface area (Å²) in [5.74, 6) is -0.758. The third-order valence-corrected chi connectivity index (χ3v) is 3.01. The first-order valence-corrected chi connectivity index (χ1v) is 5.06. The zero-order valence-electron chi connectivity index (χ0n) is 8.67. The zero-order valence-corrected chi connectivity index (χ0v) is 8.67. The molecule has 3 rings (SSSR count). The molecule has 1 saturated heterocycles. The maximum atomic E-state index is 12.0.